The van der Waals surface area contributed by atoms with Crippen LogP contribution in [0.1, 0.15) is 143 Å². The maximum atomic E-state index is 15.1. The second-order valence-corrected chi connectivity index (χ2v) is 21.8. The monoisotopic (exact) mass is 963 g/mol. The molecule has 6 rings (SSSR count). The van der Waals surface area contributed by atoms with E-state index in [-0.39, 0.29) is 36.4 Å². The highest BCUT2D eigenvalue weighted by Crippen LogP contribution is 2.49. The summed E-state index contributed by atoms with van der Waals surface area (Å²) in [5.41, 5.74) is -1.53. The van der Waals surface area contributed by atoms with Crippen molar-refractivity contribution < 1.29 is 61.8 Å². The zero-order valence-electron chi connectivity index (χ0n) is 44.0. The van der Waals surface area contributed by atoms with Gasteiger partial charge in [-0.1, -0.05) is 77.6 Å². The summed E-state index contributed by atoms with van der Waals surface area (Å²) in [5.74, 6) is -4.35. The lowest BCUT2D eigenvalue weighted by molar-refractivity contribution is -0.324. The van der Waals surface area contributed by atoms with Crippen molar-refractivity contribution in [2.24, 2.45) is 35.5 Å². The van der Waals surface area contributed by atoms with E-state index in [1.807, 2.05) is 72.7 Å². The number of hydrogen-bond acceptors (Lipinski definition) is 13. The first-order valence-electron chi connectivity index (χ1n) is 25.3. The van der Waals surface area contributed by atoms with Crippen molar-refractivity contribution >= 4 is 17.9 Å². The van der Waals surface area contributed by atoms with Crippen LogP contribution in [0.2, 0.25) is 0 Å². The number of fused-ring (bicyclic) bond motifs is 2. The number of rotatable bonds is 11. The highest BCUT2D eigenvalue weighted by atomic mass is 16.7. The van der Waals surface area contributed by atoms with Crippen LogP contribution in [0, 0.1) is 35.5 Å². The van der Waals surface area contributed by atoms with Crippen molar-refractivity contribution in [3.8, 4) is 0 Å². The Labute approximate surface area is 411 Å². The number of carbonyl (C=O) groups is 3. The number of esters is 3. The van der Waals surface area contributed by atoms with Crippen LogP contribution in [-0.4, -0.2) is 110 Å². The van der Waals surface area contributed by atoms with Crippen molar-refractivity contribution in [1.29, 1.82) is 0 Å². The third-order valence-electron chi connectivity index (χ3n) is 16.2. The Morgan fingerprint density at radius 3 is 1.87 bits per heavy atom. The van der Waals surface area contributed by atoms with Crippen LogP contribution in [0.25, 0.3) is 0 Å². The second-order valence-electron chi connectivity index (χ2n) is 21.8. The molecule has 13 heteroatoms. The summed E-state index contributed by atoms with van der Waals surface area (Å²) in [5, 5.41) is 0. The topological polar surface area (TPSA) is 144 Å². The highest BCUT2D eigenvalue weighted by Gasteiger charge is 2.55. The van der Waals surface area contributed by atoms with E-state index in [4.69, 9.17) is 47.4 Å². The van der Waals surface area contributed by atoms with Gasteiger partial charge in [0.2, 0.25) is 0 Å². The van der Waals surface area contributed by atoms with Crippen LogP contribution in [0.4, 0.5) is 0 Å². The summed E-state index contributed by atoms with van der Waals surface area (Å²) >= 11 is 0. The van der Waals surface area contributed by atoms with Crippen LogP contribution in [0.15, 0.2) is 72.8 Å². The molecule has 0 saturated carbocycles. The van der Waals surface area contributed by atoms with Crippen molar-refractivity contribution in [2.45, 2.75) is 200 Å². The Morgan fingerprint density at radius 2 is 1.30 bits per heavy atom. The molecule has 0 radical (unpaired) electrons. The predicted octanol–water partition coefficient (Wildman–Crippen LogP) is 10.3. The Morgan fingerprint density at radius 1 is 0.725 bits per heavy atom. The molecular weight excluding hydrogens is 881 g/mol. The zero-order valence-corrected chi connectivity index (χ0v) is 44.0. The SMILES string of the molecule is C=C1[C@@H]2OC(C)(C)O[C@H]([C@@H]2C)[C@H](C)C[C@](C)(OC)C(C[C@@H]2O[C@H](C)C[C@H](C)[C@H]2OC(=O)c2ccccc2)[C@@H](C)[C@H](O[C@H]2C[C@@](C)(OC)[C@@H](OC(=O)c3ccccc3)[C@H](C)O2)[C@@H](C)C(=O)O[C@]1(C)CC. The minimum absolute atomic E-state index is 0.0304. The molecule has 0 aliphatic carbocycles. The third-order valence-corrected chi connectivity index (χ3v) is 16.2. The van der Waals surface area contributed by atoms with Gasteiger partial charge in [-0.15, -0.1) is 0 Å². The Balaban J connectivity index is 1.44. The fourth-order valence-electron chi connectivity index (χ4n) is 11.9. The van der Waals surface area contributed by atoms with Crippen molar-refractivity contribution in [3.63, 3.8) is 0 Å². The van der Waals surface area contributed by atoms with Crippen molar-refractivity contribution in [1.82, 2.24) is 0 Å². The number of hydrogen-bond donors (Lipinski definition) is 0. The molecule has 4 saturated heterocycles. The predicted molar refractivity (Wildman–Crippen MR) is 261 cm³/mol. The van der Waals surface area contributed by atoms with Crippen LogP contribution in [0.5, 0.6) is 0 Å². The molecule has 4 aliphatic rings. The number of cyclic esters (lactones) is 1. The zero-order chi connectivity index (χ0) is 50.8. The first-order valence-corrected chi connectivity index (χ1v) is 25.3. The van der Waals surface area contributed by atoms with E-state index in [0.29, 0.717) is 42.4 Å². The molecule has 1 unspecified atom stereocenters. The summed E-state index contributed by atoms with van der Waals surface area (Å²) in [7, 11) is 3.31. The molecule has 0 N–H and O–H groups in total. The molecule has 4 heterocycles. The van der Waals surface area contributed by atoms with Gasteiger partial charge < -0.3 is 47.4 Å². The molecule has 13 nitrogen and oxygen atoms in total. The number of methoxy groups -OCH3 is 2. The Hall–Kier alpha value is -3.69. The quantitative estimate of drug-likeness (QED) is 0.120. The summed E-state index contributed by atoms with van der Waals surface area (Å²) in [6.07, 6.45) is -3.04. The summed E-state index contributed by atoms with van der Waals surface area (Å²) in [6.45, 7) is 30.5. The van der Waals surface area contributed by atoms with E-state index in [2.05, 4.69) is 48.1 Å². The fourth-order valence-corrected chi connectivity index (χ4v) is 11.9. The Bertz CT molecular complexity index is 2060. The fraction of sp³-hybridized carbons (Fsp3) is 0.696. The number of benzene rings is 2. The van der Waals surface area contributed by atoms with Crippen LogP contribution in [0.3, 0.4) is 0 Å². The van der Waals surface area contributed by atoms with Gasteiger partial charge in [0.25, 0.3) is 0 Å². The molecule has 4 fully saturated rings. The normalized spacial score (nSPS) is 41.0. The molecule has 2 aromatic rings. The first-order chi connectivity index (χ1) is 32.4. The largest absolute Gasteiger partial charge is 0.456 e. The van der Waals surface area contributed by atoms with Crippen molar-refractivity contribution in [3.05, 3.63) is 83.9 Å². The lowest BCUT2D eigenvalue weighted by Gasteiger charge is -2.53. The Kier molecular flexibility index (Phi) is 17.4. The lowest BCUT2D eigenvalue weighted by Crippen LogP contribution is -2.60. The third kappa shape index (κ3) is 12.0. The summed E-state index contributed by atoms with van der Waals surface area (Å²) in [4.78, 5) is 42.3. The first kappa shape index (κ1) is 54.6. The molecule has 69 heavy (non-hydrogen) atoms. The molecule has 384 valence electrons. The van der Waals surface area contributed by atoms with E-state index >= 15 is 4.79 Å². The highest BCUT2D eigenvalue weighted by molar-refractivity contribution is 5.90. The average molecular weight is 963 g/mol. The van der Waals surface area contributed by atoms with Crippen LogP contribution < -0.4 is 0 Å². The van der Waals surface area contributed by atoms with Gasteiger partial charge in [0.05, 0.1) is 59.3 Å². The molecule has 0 amide bonds. The smallest absolute Gasteiger partial charge is 0.338 e. The van der Waals surface area contributed by atoms with E-state index in [1.54, 1.807) is 50.6 Å². The molecule has 0 spiro atoms. The minimum atomic E-state index is -1.11. The summed E-state index contributed by atoms with van der Waals surface area (Å²) < 4.78 is 66.4. The molecular formula is C56H82O13. The second kappa shape index (κ2) is 22.0. The maximum Gasteiger partial charge on any atom is 0.338 e. The number of ether oxygens (including phenoxy) is 10. The average Bonchev–Trinajstić information content (AvgIpc) is 3.31. The van der Waals surface area contributed by atoms with E-state index in [9.17, 15) is 9.59 Å². The van der Waals surface area contributed by atoms with Gasteiger partial charge in [-0.2, -0.15) is 0 Å². The molecule has 18 atom stereocenters. The van der Waals surface area contributed by atoms with E-state index < -0.39 is 101 Å². The van der Waals surface area contributed by atoms with Gasteiger partial charge in [0.1, 0.15) is 17.3 Å². The van der Waals surface area contributed by atoms with Gasteiger partial charge in [-0.05, 0) is 135 Å². The maximum absolute atomic E-state index is 15.1. The van der Waals surface area contributed by atoms with Gasteiger partial charge in [-0.3, -0.25) is 4.79 Å². The van der Waals surface area contributed by atoms with Crippen molar-refractivity contribution in [2.75, 3.05) is 14.2 Å². The van der Waals surface area contributed by atoms with E-state index in [0.717, 1.165) is 0 Å². The van der Waals surface area contributed by atoms with E-state index in [1.165, 1.54) is 0 Å². The van der Waals surface area contributed by atoms with Gasteiger partial charge in [-0.25, -0.2) is 9.59 Å². The summed E-state index contributed by atoms with van der Waals surface area (Å²) in [6, 6.07) is 17.8. The molecule has 2 bridgehead atoms. The van der Waals surface area contributed by atoms with Gasteiger partial charge in [0.15, 0.2) is 18.2 Å². The molecule has 2 aromatic carbocycles. The molecule has 0 aromatic heterocycles. The van der Waals surface area contributed by atoms with Gasteiger partial charge >= 0.3 is 17.9 Å². The minimum Gasteiger partial charge on any atom is -0.456 e. The van der Waals surface area contributed by atoms with Crippen LogP contribution >= 0.6 is 0 Å². The number of carbonyl (C=O) groups excluding carboxylic acids is 3. The lowest BCUT2D eigenvalue weighted by atomic mass is 9.66. The molecule has 4 aliphatic heterocycles. The van der Waals surface area contributed by atoms with Gasteiger partial charge in [0, 0.05) is 26.6 Å². The standard InChI is InChI=1S/C56H82O13/c1-17-54(12)38(8)48-36(6)45(67-53(10,11)68-48)33(3)30-55(13,60-15)42(29-43-46(32(2)28-34(4)62-43)65-51(58)40-24-20-18-21-25-40)35(5)47(37(7)50(57)69-54)64-44-31-56(14,61-16)49(39(9)63-44)66-52(59)41-26-22-19-23-27-41/h18-27,32-37,39,42-49H,8,17,28-31H2,1-7,9-16H3/t32-,33+,34+,35+,36-,37+,39-,42?,43-,44-,45-,46+,47-,48+,49-,54+,55-,56+/m0/s1. The van der Waals surface area contributed by atoms with Crippen LogP contribution in [-0.2, 0) is 52.2 Å².